The summed E-state index contributed by atoms with van der Waals surface area (Å²) in [6.45, 7) is 8.88. The highest BCUT2D eigenvalue weighted by Crippen LogP contribution is 2.31. The average Bonchev–Trinajstić information content (AvgIpc) is 2.57. The van der Waals surface area contributed by atoms with Gasteiger partial charge >= 0.3 is 0 Å². The Bertz CT molecular complexity index is 575. The second-order valence-corrected chi connectivity index (χ2v) is 7.96. The minimum absolute atomic E-state index is 0.0382. The number of nitrogens with zero attached hydrogens (tertiary/aromatic N) is 2. The maximum absolute atomic E-state index is 5.63. The molecule has 1 saturated heterocycles. The molecule has 0 bridgehead atoms. The molecular formula is C18H27N3OS2. The molecule has 1 aliphatic heterocycles. The fraction of sp³-hybridized carbons (Fsp3) is 0.556. The summed E-state index contributed by atoms with van der Waals surface area (Å²) in [4.78, 5) is 6.96. The molecular weight excluding hydrogens is 338 g/mol. The fourth-order valence-corrected chi connectivity index (χ4v) is 4.00. The van der Waals surface area contributed by atoms with Crippen molar-refractivity contribution in [2.24, 2.45) is 10.4 Å². The van der Waals surface area contributed by atoms with Crippen molar-refractivity contribution < 1.29 is 4.74 Å². The van der Waals surface area contributed by atoms with Crippen molar-refractivity contribution in [1.29, 1.82) is 0 Å². The molecule has 6 heteroatoms. The largest absolute Gasteiger partial charge is 0.375 e. The third kappa shape index (κ3) is 5.19. The zero-order valence-electron chi connectivity index (χ0n) is 14.9. The minimum Gasteiger partial charge on any atom is -0.375 e. The van der Waals surface area contributed by atoms with E-state index < -0.39 is 0 Å². The molecule has 4 nitrogen and oxygen atoms in total. The van der Waals surface area contributed by atoms with Crippen molar-refractivity contribution in [2.45, 2.75) is 26.9 Å². The second-order valence-electron chi connectivity index (χ2n) is 6.63. The van der Waals surface area contributed by atoms with Crippen LogP contribution in [0.3, 0.4) is 0 Å². The van der Waals surface area contributed by atoms with Crippen LogP contribution in [0.25, 0.3) is 0 Å². The molecule has 0 spiro atoms. The lowest BCUT2D eigenvalue weighted by Gasteiger charge is -2.39. The van der Waals surface area contributed by atoms with Crippen LogP contribution in [0.5, 0.6) is 0 Å². The first-order valence-corrected chi connectivity index (χ1v) is 9.66. The summed E-state index contributed by atoms with van der Waals surface area (Å²) in [5, 5.41) is 4.99. The number of thioether (sulfide) groups is 1. The molecule has 1 N–H and O–H groups in total. The van der Waals surface area contributed by atoms with E-state index in [1.807, 2.05) is 18.2 Å². The van der Waals surface area contributed by atoms with Crippen LogP contribution in [0.2, 0.25) is 0 Å². The van der Waals surface area contributed by atoms with Gasteiger partial charge in [-0.05, 0) is 30.1 Å². The van der Waals surface area contributed by atoms with Crippen LogP contribution in [-0.2, 0) is 4.74 Å². The number of hydrogen-bond donors (Lipinski definition) is 1. The Balaban J connectivity index is 2.14. The standard InChI is InChI=1S/C18H27N3OS2/c1-5-19-16(23)21-12-18(2,3)13-24-17(21)20-11-15(22-4)14-9-7-6-8-10-14/h6-10,15H,5,11-13H2,1-4H3,(H,19,23). The normalized spacial score (nSPS) is 20.0. The number of amidine groups is 1. The maximum Gasteiger partial charge on any atom is 0.175 e. The van der Waals surface area contributed by atoms with E-state index in [0.29, 0.717) is 6.54 Å². The van der Waals surface area contributed by atoms with Crippen molar-refractivity contribution in [3.05, 3.63) is 35.9 Å². The van der Waals surface area contributed by atoms with Crippen molar-refractivity contribution in [3.63, 3.8) is 0 Å². The number of aliphatic imine (C=N–C) groups is 1. The van der Waals surface area contributed by atoms with Crippen LogP contribution in [0, 0.1) is 5.41 Å². The molecule has 1 atom stereocenters. The van der Waals surface area contributed by atoms with Gasteiger partial charge in [0.1, 0.15) is 6.10 Å². The monoisotopic (exact) mass is 365 g/mol. The highest BCUT2D eigenvalue weighted by Gasteiger charge is 2.32. The predicted molar refractivity (Wildman–Crippen MR) is 108 cm³/mol. The van der Waals surface area contributed by atoms with Gasteiger partial charge in [0.15, 0.2) is 10.3 Å². The van der Waals surface area contributed by atoms with Gasteiger partial charge in [-0.3, -0.25) is 9.89 Å². The third-order valence-electron chi connectivity index (χ3n) is 3.83. The lowest BCUT2D eigenvalue weighted by molar-refractivity contribution is 0.111. The Hall–Kier alpha value is -1.11. The van der Waals surface area contributed by atoms with Crippen LogP contribution in [-0.4, -0.2) is 47.7 Å². The number of rotatable bonds is 5. The topological polar surface area (TPSA) is 36.9 Å². The van der Waals surface area contributed by atoms with Crippen LogP contribution in [0.4, 0.5) is 0 Å². The van der Waals surface area contributed by atoms with Crippen molar-refractivity contribution >= 4 is 34.3 Å². The molecule has 1 aromatic rings. The molecule has 0 radical (unpaired) electrons. The molecule has 1 fully saturated rings. The summed E-state index contributed by atoms with van der Waals surface area (Å²) >= 11 is 7.32. The van der Waals surface area contributed by atoms with Crippen LogP contribution >= 0.6 is 24.0 Å². The summed E-state index contributed by atoms with van der Waals surface area (Å²) in [5.41, 5.74) is 1.36. The number of benzene rings is 1. The molecule has 1 aliphatic rings. The first-order chi connectivity index (χ1) is 11.5. The smallest absolute Gasteiger partial charge is 0.175 e. The van der Waals surface area contributed by atoms with E-state index >= 15 is 0 Å². The first kappa shape index (κ1) is 19.2. The summed E-state index contributed by atoms with van der Waals surface area (Å²) in [5.74, 6) is 1.04. The Morgan fingerprint density at radius 3 is 2.75 bits per heavy atom. The lowest BCUT2D eigenvalue weighted by atomic mass is 9.96. The van der Waals surface area contributed by atoms with Gasteiger partial charge in [0.25, 0.3) is 0 Å². The number of ether oxygens (including phenoxy) is 1. The van der Waals surface area contributed by atoms with E-state index in [0.717, 1.165) is 34.7 Å². The Labute approximate surface area is 155 Å². The third-order valence-corrected chi connectivity index (χ3v) is 5.73. The van der Waals surface area contributed by atoms with Gasteiger partial charge in [-0.2, -0.15) is 0 Å². The maximum atomic E-state index is 5.63. The molecule has 0 amide bonds. The molecule has 132 valence electrons. The molecule has 24 heavy (non-hydrogen) atoms. The highest BCUT2D eigenvalue weighted by atomic mass is 32.2. The minimum atomic E-state index is -0.0382. The quantitative estimate of drug-likeness (QED) is 0.805. The predicted octanol–water partition coefficient (Wildman–Crippen LogP) is 3.70. The summed E-state index contributed by atoms with van der Waals surface area (Å²) in [7, 11) is 1.73. The average molecular weight is 366 g/mol. The number of thiocarbonyl (C=S) groups is 1. The fourth-order valence-electron chi connectivity index (χ4n) is 2.56. The van der Waals surface area contributed by atoms with E-state index in [4.69, 9.17) is 21.9 Å². The van der Waals surface area contributed by atoms with Gasteiger partial charge in [0, 0.05) is 26.0 Å². The van der Waals surface area contributed by atoms with Crippen LogP contribution < -0.4 is 5.32 Å². The molecule has 0 saturated carbocycles. The van der Waals surface area contributed by atoms with Gasteiger partial charge in [-0.15, -0.1) is 0 Å². The van der Waals surface area contributed by atoms with E-state index in [9.17, 15) is 0 Å². The number of nitrogens with one attached hydrogen (secondary N) is 1. The van der Waals surface area contributed by atoms with Crippen LogP contribution in [0.1, 0.15) is 32.4 Å². The van der Waals surface area contributed by atoms with Gasteiger partial charge in [0.2, 0.25) is 0 Å². The second kappa shape index (κ2) is 8.83. The first-order valence-electron chi connectivity index (χ1n) is 8.27. The van der Waals surface area contributed by atoms with Gasteiger partial charge < -0.3 is 10.1 Å². The molecule has 2 rings (SSSR count). The summed E-state index contributed by atoms with van der Waals surface area (Å²) < 4.78 is 5.63. The van der Waals surface area contributed by atoms with Crippen LogP contribution in [0.15, 0.2) is 35.3 Å². The van der Waals surface area contributed by atoms with E-state index in [-0.39, 0.29) is 11.5 Å². The Morgan fingerprint density at radius 2 is 2.12 bits per heavy atom. The lowest BCUT2D eigenvalue weighted by Crippen LogP contribution is -2.50. The molecule has 1 aromatic carbocycles. The highest BCUT2D eigenvalue weighted by molar-refractivity contribution is 8.14. The Morgan fingerprint density at radius 1 is 1.42 bits per heavy atom. The number of methoxy groups -OCH3 is 1. The molecule has 0 aromatic heterocycles. The Kier molecular flexibility index (Phi) is 7.07. The summed E-state index contributed by atoms with van der Waals surface area (Å²) in [6.07, 6.45) is -0.0382. The van der Waals surface area contributed by atoms with Gasteiger partial charge in [-0.1, -0.05) is 55.9 Å². The molecule has 1 heterocycles. The molecule has 0 aliphatic carbocycles. The summed E-state index contributed by atoms with van der Waals surface area (Å²) in [6, 6.07) is 10.2. The number of hydrogen-bond acceptors (Lipinski definition) is 4. The van der Waals surface area contributed by atoms with Crippen molar-refractivity contribution in [2.75, 3.05) is 32.5 Å². The van der Waals surface area contributed by atoms with Crippen molar-refractivity contribution in [1.82, 2.24) is 10.2 Å². The zero-order valence-corrected chi connectivity index (χ0v) is 16.5. The SMILES string of the molecule is CCNC(=S)N1CC(C)(C)CSC1=NCC(OC)c1ccccc1. The van der Waals surface area contributed by atoms with E-state index in [1.54, 1.807) is 18.9 Å². The van der Waals surface area contributed by atoms with Gasteiger partial charge in [-0.25, -0.2) is 0 Å². The van der Waals surface area contributed by atoms with Gasteiger partial charge in [0.05, 0.1) is 6.54 Å². The van der Waals surface area contributed by atoms with E-state index in [1.165, 1.54) is 0 Å². The van der Waals surface area contributed by atoms with Crippen molar-refractivity contribution in [3.8, 4) is 0 Å². The van der Waals surface area contributed by atoms with E-state index in [2.05, 4.69) is 43.1 Å². The molecule has 1 unspecified atom stereocenters. The zero-order chi connectivity index (χ0) is 17.6.